The number of ether oxygens (including phenoxy) is 2. The highest BCUT2D eigenvalue weighted by atomic mass is 32.1. The quantitative estimate of drug-likeness (QED) is 0.303. The lowest BCUT2D eigenvalue weighted by molar-refractivity contribution is 0.289. The number of para-hydroxylation sites is 1. The fraction of sp³-hybridized carbons (Fsp3) is 0.321. The van der Waals surface area contributed by atoms with E-state index >= 15 is 0 Å². The smallest absolute Gasteiger partial charge is 0.186 e. The SMILES string of the molecule is COc1ccc(C2CN(C)Cc3cc(OCCCN(C)c4nc5ccccc5s4)ccc32)cc1. The van der Waals surface area contributed by atoms with Gasteiger partial charge in [0.25, 0.3) is 0 Å². The van der Waals surface area contributed by atoms with E-state index in [1.807, 2.05) is 18.2 Å². The first-order chi connectivity index (χ1) is 16.6. The van der Waals surface area contributed by atoms with Crippen LogP contribution in [0.25, 0.3) is 10.2 Å². The van der Waals surface area contributed by atoms with Crippen LogP contribution in [0.3, 0.4) is 0 Å². The van der Waals surface area contributed by atoms with Crippen molar-refractivity contribution in [3.05, 3.63) is 83.4 Å². The van der Waals surface area contributed by atoms with Crippen LogP contribution in [0.4, 0.5) is 5.13 Å². The molecule has 0 amide bonds. The number of thiazole rings is 1. The van der Waals surface area contributed by atoms with Crippen LogP contribution >= 0.6 is 11.3 Å². The highest BCUT2D eigenvalue weighted by Crippen LogP contribution is 2.35. The third-order valence-electron chi connectivity index (χ3n) is 6.46. The van der Waals surface area contributed by atoms with Gasteiger partial charge in [-0.3, -0.25) is 0 Å². The van der Waals surface area contributed by atoms with Crippen molar-refractivity contribution in [3.8, 4) is 11.5 Å². The molecule has 3 aromatic carbocycles. The summed E-state index contributed by atoms with van der Waals surface area (Å²) in [5, 5.41) is 1.06. The summed E-state index contributed by atoms with van der Waals surface area (Å²) in [6.45, 7) is 3.55. The van der Waals surface area contributed by atoms with Gasteiger partial charge in [-0.2, -0.15) is 0 Å². The second kappa shape index (κ2) is 10.0. The van der Waals surface area contributed by atoms with Gasteiger partial charge in [0.05, 0.1) is 23.9 Å². The minimum absolute atomic E-state index is 0.358. The Labute approximate surface area is 205 Å². The standard InChI is InChI=1S/C28H31N3O2S/c1-30-18-21-17-23(13-14-24(21)25(19-30)20-9-11-22(32-3)12-10-20)33-16-6-15-31(2)28-29-26-7-4-5-8-27(26)34-28/h4-5,7-14,17,25H,6,15-16,18-19H2,1-3H3. The maximum atomic E-state index is 6.15. The fourth-order valence-electron chi connectivity index (χ4n) is 4.65. The highest BCUT2D eigenvalue weighted by molar-refractivity contribution is 7.22. The minimum Gasteiger partial charge on any atom is -0.497 e. The van der Waals surface area contributed by atoms with Crippen LogP contribution in [0.2, 0.25) is 0 Å². The van der Waals surface area contributed by atoms with Gasteiger partial charge in [-0.05, 0) is 66.6 Å². The fourth-order valence-corrected chi connectivity index (χ4v) is 5.60. The van der Waals surface area contributed by atoms with Gasteiger partial charge in [0, 0.05) is 32.6 Å². The van der Waals surface area contributed by atoms with E-state index in [4.69, 9.17) is 14.5 Å². The molecule has 34 heavy (non-hydrogen) atoms. The van der Waals surface area contributed by atoms with Crippen molar-refractivity contribution in [2.45, 2.75) is 18.9 Å². The number of nitrogens with zero attached hydrogens (tertiary/aromatic N) is 3. The van der Waals surface area contributed by atoms with E-state index in [1.165, 1.54) is 21.4 Å². The first-order valence-corrected chi connectivity index (χ1v) is 12.6. The summed E-state index contributed by atoms with van der Waals surface area (Å²) < 4.78 is 12.7. The molecule has 2 heterocycles. The molecule has 0 saturated carbocycles. The lowest BCUT2D eigenvalue weighted by Crippen LogP contribution is -2.31. The van der Waals surface area contributed by atoms with Gasteiger partial charge >= 0.3 is 0 Å². The van der Waals surface area contributed by atoms with Crippen molar-refractivity contribution in [3.63, 3.8) is 0 Å². The van der Waals surface area contributed by atoms with Crippen molar-refractivity contribution in [1.29, 1.82) is 0 Å². The molecule has 0 fully saturated rings. The summed E-state index contributed by atoms with van der Waals surface area (Å²) in [7, 11) is 6.00. The largest absolute Gasteiger partial charge is 0.497 e. The summed E-state index contributed by atoms with van der Waals surface area (Å²) >= 11 is 1.74. The van der Waals surface area contributed by atoms with Gasteiger partial charge in [0.1, 0.15) is 11.5 Å². The molecule has 1 aliphatic rings. The molecular formula is C28H31N3O2S. The molecule has 0 saturated heterocycles. The Morgan fingerprint density at radius 2 is 1.85 bits per heavy atom. The Balaban J connectivity index is 1.20. The Kier molecular flexibility index (Phi) is 6.70. The molecule has 6 heteroatoms. The first kappa shape index (κ1) is 22.7. The number of aromatic nitrogens is 1. The van der Waals surface area contributed by atoms with Crippen molar-refractivity contribution in [2.24, 2.45) is 0 Å². The summed E-state index contributed by atoms with van der Waals surface area (Å²) in [5.41, 5.74) is 5.13. The second-order valence-corrected chi connectivity index (χ2v) is 9.98. The van der Waals surface area contributed by atoms with Crippen LogP contribution in [-0.2, 0) is 6.54 Å². The number of benzene rings is 3. The van der Waals surface area contributed by atoms with E-state index in [9.17, 15) is 0 Å². The maximum absolute atomic E-state index is 6.15. The Bertz CT molecular complexity index is 1220. The number of methoxy groups -OCH3 is 1. The van der Waals surface area contributed by atoms with E-state index < -0.39 is 0 Å². The molecule has 1 unspecified atom stereocenters. The van der Waals surface area contributed by atoms with Crippen LogP contribution in [0.5, 0.6) is 11.5 Å². The van der Waals surface area contributed by atoms with Gasteiger partial charge in [-0.1, -0.05) is 41.7 Å². The van der Waals surface area contributed by atoms with Gasteiger partial charge in [0.15, 0.2) is 5.13 Å². The molecule has 0 spiro atoms. The van der Waals surface area contributed by atoms with Crippen molar-refractivity contribution < 1.29 is 9.47 Å². The van der Waals surface area contributed by atoms with Crippen LogP contribution in [0.15, 0.2) is 66.7 Å². The first-order valence-electron chi connectivity index (χ1n) is 11.8. The Morgan fingerprint density at radius 1 is 1.06 bits per heavy atom. The lowest BCUT2D eigenvalue weighted by atomic mass is 9.84. The third kappa shape index (κ3) is 4.88. The minimum atomic E-state index is 0.358. The molecular weight excluding hydrogens is 442 g/mol. The average Bonchev–Trinajstić information content (AvgIpc) is 3.30. The van der Waals surface area contributed by atoms with Crippen LogP contribution < -0.4 is 14.4 Å². The Morgan fingerprint density at radius 3 is 2.65 bits per heavy atom. The van der Waals surface area contributed by atoms with Crippen molar-refractivity contribution in [2.75, 3.05) is 45.8 Å². The van der Waals surface area contributed by atoms with E-state index in [1.54, 1.807) is 18.4 Å². The van der Waals surface area contributed by atoms with Crippen molar-refractivity contribution in [1.82, 2.24) is 9.88 Å². The molecule has 4 aromatic rings. The molecule has 0 bridgehead atoms. The molecule has 5 rings (SSSR count). The summed E-state index contributed by atoms with van der Waals surface area (Å²) in [5.74, 6) is 2.20. The summed E-state index contributed by atoms with van der Waals surface area (Å²) in [4.78, 5) is 9.34. The number of likely N-dealkylation sites (N-methyl/N-ethyl adjacent to an activating group) is 1. The molecule has 1 aliphatic heterocycles. The monoisotopic (exact) mass is 473 g/mol. The zero-order valence-electron chi connectivity index (χ0n) is 20.0. The van der Waals surface area contributed by atoms with Gasteiger partial charge in [0.2, 0.25) is 0 Å². The van der Waals surface area contributed by atoms with Crippen LogP contribution in [-0.4, -0.2) is 50.8 Å². The topological polar surface area (TPSA) is 37.8 Å². The molecule has 176 valence electrons. The molecule has 0 aliphatic carbocycles. The predicted octanol–water partition coefficient (Wildman–Crippen LogP) is 5.79. The zero-order valence-corrected chi connectivity index (χ0v) is 20.8. The normalized spacial score (nSPS) is 15.8. The van der Waals surface area contributed by atoms with Crippen molar-refractivity contribution >= 4 is 26.7 Å². The molecule has 0 N–H and O–H groups in total. The second-order valence-electron chi connectivity index (χ2n) is 8.97. The van der Waals surface area contributed by atoms with E-state index in [2.05, 4.69) is 72.4 Å². The number of hydrogen-bond acceptors (Lipinski definition) is 6. The lowest BCUT2D eigenvalue weighted by Gasteiger charge is -2.33. The average molecular weight is 474 g/mol. The third-order valence-corrected chi connectivity index (χ3v) is 7.61. The Hall–Kier alpha value is -3.09. The summed E-state index contributed by atoms with van der Waals surface area (Å²) in [6.07, 6.45) is 0.942. The predicted molar refractivity (Wildman–Crippen MR) is 141 cm³/mol. The van der Waals surface area contributed by atoms with Crippen LogP contribution in [0, 0.1) is 0 Å². The highest BCUT2D eigenvalue weighted by Gasteiger charge is 2.25. The van der Waals surface area contributed by atoms with E-state index in [-0.39, 0.29) is 0 Å². The molecule has 0 radical (unpaired) electrons. The van der Waals surface area contributed by atoms with Gasteiger partial charge in [-0.15, -0.1) is 0 Å². The van der Waals surface area contributed by atoms with Crippen LogP contribution in [0.1, 0.15) is 29.0 Å². The van der Waals surface area contributed by atoms with Gasteiger partial charge < -0.3 is 19.3 Å². The number of fused-ring (bicyclic) bond motifs is 2. The number of rotatable bonds is 8. The van der Waals surface area contributed by atoms with E-state index in [0.717, 1.165) is 48.2 Å². The number of hydrogen-bond donors (Lipinski definition) is 0. The maximum Gasteiger partial charge on any atom is 0.186 e. The van der Waals surface area contributed by atoms with Gasteiger partial charge in [-0.25, -0.2) is 4.98 Å². The summed E-state index contributed by atoms with van der Waals surface area (Å²) in [6, 6.07) is 23.3. The molecule has 1 aromatic heterocycles. The molecule has 1 atom stereocenters. The zero-order chi connectivity index (χ0) is 23.5. The van der Waals surface area contributed by atoms with E-state index in [0.29, 0.717) is 12.5 Å². The number of anilines is 1. The molecule has 5 nitrogen and oxygen atoms in total.